The number of hydrogen-bond acceptors (Lipinski definition) is 5. The number of nitrogens with one attached hydrogen (secondary N) is 1. The minimum Gasteiger partial charge on any atom is -0.491 e. The van der Waals surface area contributed by atoms with Gasteiger partial charge in [-0.15, -0.1) is 0 Å². The summed E-state index contributed by atoms with van der Waals surface area (Å²) in [5.41, 5.74) is 3.24. The number of amides is 1. The van der Waals surface area contributed by atoms with E-state index in [-0.39, 0.29) is 25.5 Å². The number of nitrogens with zero attached hydrogens (tertiary/aromatic N) is 1. The van der Waals surface area contributed by atoms with Crippen LogP contribution in [0.25, 0.3) is 0 Å². The molecule has 0 aliphatic rings. The second-order valence-corrected chi connectivity index (χ2v) is 5.25. The molecule has 0 heterocycles. The van der Waals surface area contributed by atoms with Crippen LogP contribution in [-0.4, -0.2) is 41.5 Å². The Kier molecular flexibility index (Phi) is 9.87. The van der Waals surface area contributed by atoms with E-state index in [4.69, 9.17) is 14.9 Å². The van der Waals surface area contributed by atoms with Gasteiger partial charge in [-0.05, 0) is 30.5 Å². The molecule has 1 amide bonds. The van der Waals surface area contributed by atoms with Crippen LogP contribution in [0.2, 0.25) is 0 Å². The maximum absolute atomic E-state index is 11.6. The highest BCUT2D eigenvalue weighted by Crippen LogP contribution is 2.11. The standard InChI is InChI=1S/C17H24N2O5/c20-10-11-24-15-7-5-6-14(12-15)13-18-19-16(21)8-3-1-2-4-9-17(22)23/h5-7,12-13,20H,1-4,8-11H2,(H,19,21)(H,22,23)/b18-13+. The van der Waals surface area contributed by atoms with E-state index in [0.29, 0.717) is 25.0 Å². The molecule has 7 heteroatoms. The molecule has 3 N–H and O–H groups in total. The third-order valence-electron chi connectivity index (χ3n) is 3.17. The SMILES string of the molecule is O=C(O)CCCCCCC(=O)N/N=C/c1cccc(OCCO)c1. The van der Waals surface area contributed by atoms with E-state index >= 15 is 0 Å². The second-order valence-electron chi connectivity index (χ2n) is 5.25. The number of carbonyl (C=O) groups is 2. The normalized spacial score (nSPS) is 10.7. The van der Waals surface area contributed by atoms with Crippen LogP contribution in [-0.2, 0) is 9.59 Å². The summed E-state index contributed by atoms with van der Waals surface area (Å²) in [6.45, 7) is 0.175. The monoisotopic (exact) mass is 336 g/mol. The van der Waals surface area contributed by atoms with Gasteiger partial charge in [-0.25, -0.2) is 5.43 Å². The summed E-state index contributed by atoms with van der Waals surface area (Å²) >= 11 is 0. The molecule has 0 radical (unpaired) electrons. The summed E-state index contributed by atoms with van der Waals surface area (Å²) in [4.78, 5) is 22.0. The number of hydrogen-bond donors (Lipinski definition) is 3. The van der Waals surface area contributed by atoms with Gasteiger partial charge in [0.15, 0.2) is 0 Å². The highest BCUT2D eigenvalue weighted by atomic mass is 16.5. The number of carboxylic acids is 1. The van der Waals surface area contributed by atoms with Crippen LogP contribution in [0.1, 0.15) is 44.1 Å². The third-order valence-corrected chi connectivity index (χ3v) is 3.17. The predicted molar refractivity (Wildman–Crippen MR) is 90.1 cm³/mol. The number of unbranched alkanes of at least 4 members (excludes halogenated alkanes) is 3. The number of benzene rings is 1. The van der Waals surface area contributed by atoms with Crippen molar-refractivity contribution in [2.24, 2.45) is 5.10 Å². The highest BCUT2D eigenvalue weighted by Gasteiger charge is 2.01. The van der Waals surface area contributed by atoms with E-state index < -0.39 is 5.97 Å². The van der Waals surface area contributed by atoms with Crippen LogP contribution in [0.5, 0.6) is 5.75 Å². The van der Waals surface area contributed by atoms with E-state index in [0.717, 1.165) is 18.4 Å². The number of aliphatic hydroxyl groups excluding tert-OH is 1. The number of carboxylic acid groups (broad SMARTS) is 1. The van der Waals surface area contributed by atoms with Gasteiger partial charge in [0.05, 0.1) is 12.8 Å². The number of ether oxygens (including phenoxy) is 1. The van der Waals surface area contributed by atoms with Crippen molar-refractivity contribution in [1.29, 1.82) is 0 Å². The maximum Gasteiger partial charge on any atom is 0.303 e. The number of rotatable bonds is 12. The first kappa shape index (κ1) is 19.6. The van der Waals surface area contributed by atoms with Crippen molar-refractivity contribution in [3.63, 3.8) is 0 Å². The Morgan fingerprint density at radius 2 is 1.92 bits per heavy atom. The lowest BCUT2D eigenvalue weighted by atomic mass is 10.1. The average Bonchev–Trinajstić information content (AvgIpc) is 2.56. The number of carbonyl (C=O) groups excluding carboxylic acids is 1. The zero-order valence-electron chi connectivity index (χ0n) is 13.6. The molecule has 132 valence electrons. The summed E-state index contributed by atoms with van der Waals surface area (Å²) in [5, 5.41) is 21.1. The molecule has 0 spiro atoms. The summed E-state index contributed by atoms with van der Waals surface area (Å²) in [5.74, 6) is -0.328. The lowest BCUT2D eigenvalue weighted by Gasteiger charge is -2.04. The molecule has 0 aromatic heterocycles. The molecule has 0 aliphatic carbocycles. The molecule has 0 aliphatic heterocycles. The molecule has 0 fully saturated rings. The fourth-order valence-electron chi connectivity index (χ4n) is 2.00. The zero-order valence-corrected chi connectivity index (χ0v) is 13.6. The average molecular weight is 336 g/mol. The van der Waals surface area contributed by atoms with E-state index in [1.165, 1.54) is 6.21 Å². The number of aliphatic carboxylic acids is 1. The first-order chi connectivity index (χ1) is 11.6. The van der Waals surface area contributed by atoms with E-state index in [1.807, 2.05) is 6.07 Å². The lowest BCUT2D eigenvalue weighted by Crippen LogP contribution is -2.16. The quantitative estimate of drug-likeness (QED) is 0.307. The molecule has 1 aromatic carbocycles. The summed E-state index contributed by atoms with van der Waals surface area (Å²) in [7, 11) is 0. The Morgan fingerprint density at radius 1 is 1.17 bits per heavy atom. The largest absolute Gasteiger partial charge is 0.491 e. The van der Waals surface area contributed by atoms with E-state index in [2.05, 4.69) is 10.5 Å². The van der Waals surface area contributed by atoms with Crippen molar-refractivity contribution in [3.8, 4) is 5.75 Å². The fraction of sp³-hybridized carbons (Fsp3) is 0.471. The van der Waals surface area contributed by atoms with Crippen LogP contribution >= 0.6 is 0 Å². The van der Waals surface area contributed by atoms with Crippen molar-refractivity contribution in [1.82, 2.24) is 5.43 Å². The van der Waals surface area contributed by atoms with Crippen molar-refractivity contribution < 1.29 is 24.5 Å². The molecule has 0 bridgehead atoms. The van der Waals surface area contributed by atoms with E-state index in [1.54, 1.807) is 18.2 Å². The fourth-order valence-corrected chi connectivity index (χ4v) is 2.00. The van der Waals surface area contributed by atoms with Gasteiger partial charge in [0, 0.05) is 12.8 Å². The minimum atomic E-state index is -0.784. The molecule has 1 aromatic rings. The van der Waals surface area contributed by atoms with Crippen molar-refractivity contribution >= 4 is 18.1 Å². The Morgan fingerprint density at radius 3 is 2.62 bits per heavy atom. The molecule has 0 unspecified atom stereocenters. The number of hydrazone groups is 1. The first-order valence-electron chi connectivity index (χ1n) is 7.99. The minimum absolute atomic E-state index is 0.0509. The van der Waals surface area contributed by atoms with Crippen molar-refractivity contribution in [2.45, 2.75) is 38.5 Å². The molecule has 0 atom stereocenters. The van der Waals surface area contributed by atoms with Gasteiger partial charge >= 0.3 is 5.97 Å². The van der Waals surface area contributed by atoms with Gasteiger partial charge in [-0.2, -0.15) is 5.10 Å². The first-order valence-corrected chi connectivity index (χ1v) is 7.99. The zero-order chi connectivity index (χ0) is 17.6. The summed E-state index contributed by atoms with van der Waals surface area (Å²) in [6, 6.07) is 7.15. The summed E-state index contributed by atoms with van der Waals surface area (Å²) in [6.07, 6.45) is 5.06. The van der Waals surface area contributed by atoms with Crippen molar-refractivity contribution in [2.75, 3.05) is 13.2 Å². The van der Waals surface area contributed by atoms with Gasteiger partial charge in [0.1, 0.15) is 12.4 Å². The Labute approximate surface area is 141 Å². The van der Waals surface area contributed by atoms with Gasteiger partial charge in [-0.1, -0.05) is 25.0 Å². The molecule has 0 saturated carbocycles. The molecule has 24 heavy (non-hydrogen) atoms. The third kappa shape index (κ3) is 9.58. The topological polar surface area (TPSA) is 108 Å². The highest BCUT2D eigenvalue weighted by molar-refractivity contribution is 5.82. The Balaban J connectivity index is 2.21. The van der Waals surface area contributed by atoms with Gasteiger partial charge in [0.2, 0.25) is 5.91 Å². The van der Waals surface area contributed by atoms with Crippen LogP contribution in [0.15, 0.2) is 29.4 Å². The van der Waals surface area contributed by atoms with Gasteiger partial charge in [0.25, 0.3) is 0 Å². The smallest absolute Gasteiger partial charge is 0.303 e. The van der Waals surface area contributed by atoms with Gasteiger partial charge in [-0.3, -0.25) is 9.59 Å². The molecular weight excluding hydrogens is 312 g/mol. The van der Waals surface area contributed by atoms with Crippen molar-refractivity contribution in [3.05, 3.63) is 29.8 Å². The van der Waals surface area contributed by atoms with Gasteiger partial charge < -0.3 is 14.9 Å². The van der Waals surface area contributed by atoms with E-state index in [9.17, 15) is 9.59 Å². The summed E-state index contributed by atoms with van der Waals surface area (Å²) < 4.78 is 5.29. The van der Waals surface area contributed by atoms with Crippen LogP contribution in [0.4, 0.5) is 0 Å². The second kappa shape index (κ2) is 12.1. The Bertz CT molecular complexity index is 546. The predicted octanol–water partition coefficient (Wildman–Crippen LogP) is 1.93. The molecule has 7 nitrogen and oxygen atoms in total. The lowest BCUT2D eigenvalue weighted by molar-refractivity contribution is -0.137. The van der Waals surface area contributed by atoms with Crippen LogP contribution < -0.4 is 10.2 Å². The van der Waals surface area contributed by atoms with Crippen LogP contribution in [0.3, 0.4) is 0 Å². The molecule has 1 rings (SSSR count). The molecule has 0 saturated heterocycles. The van der Waals surface area contributed by atoms with Crippen LogP contribution in [0, 0.1) is 0 Å². The molecular formula is C17H24N2O5. The maximum atomic E-state index is 11.6. The Hall–Kier alpha value is -2.41. The number of aliphatic hydroxyl groups is 1.